The van der Waals surface area contributed by atoms with Crippen LogP contribution in [0.4, 0.5) is 5.69 Å². The molecule has 3 aromatic rings. The van der Waals surface area contributed by atoms with Gasteiger partial charge in [0.25, 0.3) is 11.5 Å². The molecule has 1 aromatic carbocycles. The highest BCUT2D eigenvalue weighted by atomic mass is 32.2. The van der Waals surface area contributed by atoms with Crippen molar-refractivity contribution in [3.8, 4) is 5.75 Å². The molecule has 32 heavy (non-hydrogen) atoms. The van der Waals surface area contributed by atoms with Gasteiger partial charge in [-0.3, -0.25) is 14.4 Å². The Morgan fingerprint density at radius 1 is 1.31 bits per heavy atom. The third kappa shape index (κ3) is 5.89. The minimum absolute atomic E-state index is 0.0870. The Bertz CT molecular complexity index is 1190. The van der Waals surface area contributed by atoms with E-state index in [4.69, 9.17) is 4.74 Å². The van der Waals surface area contributed by atoms with Crippen LogP contribution in [0.25, 0.3) is 10.2 Å². The van der Waals surface area contributed by atoms with Gasteiger partial charge in [0.2, 0.25) is 5.91 Å². The number of rotatable bonds is 9. The molecule has 0 saturated heterocycles. The number of H-pyrrole nitrogens is 1. The van der Waals surface area contributed by atoms with Crippen LogP contribution in [0.2, 0.25) is 0 Å². The average molecular weight is 475 g/mol. The number of hydrogen-bond acceptors (Lipinski definition) is 7. The van der Waals surface area contributed by atoms with Gasteiger partial charge in [0, 0.05) is 23.2 Å². The standard InChI is InChI=1S/C22H26N4O4S2/c1-5-23-18(27)10-30-16-8-6-7-15(9-16)24-20(28)14(4)31-11-17-25-21(29)19-12(2)13(3)32-22(19)26-17/h6-9,14H,5,10-11H2,1-4H3,(H,23,27)(H,24,28)(H,25,26,29). The Morgan fingerprint density at radius 3 is 2.84 bits per heavy atom. The number of ether oxygens (including phenoxy) is 1. The van der Waals surface area contributed by atoms with Crippen molar-refractivity contribution in [2.75, 3.05) is 18.5 Å². The number of aromatic nitrogens is 2. The number of hydrogen-bond donors (Lipinski definition) is 3. The lowest BCUT2D eigenvalue weighted by molar-refractivity contribution is -0.123. The minimum Gasteiger partial charge on any atom is -0.484 e. The molecule has 2 amide bonds. The highest BCUT2D eigenvalue weighted by Gasteiger charge is 2.16. The summed E-state index contributed by atoms with van der Waals surface area (Å²) in [7, 11) is 0. The molecule has 0 aliphatic heterocycles. The Kier molecular flexibility index (Phi) is 7.92. The van der Waals surface area contributed by atoms with E-state index < -0.39 is 0 Å². The summed E-state index contributed by atoms with van der Waals surface area (Å²) >= 11 is 2.89. The first kappa shape index (κ1) is 23.8. The SMILES string of the molecule is CCNC(=O)COc1cccc(NC(=O)C(C)SCc2nc3sc(C)c(C)c3c(=O)[nH]2)c1. The van der Waals surface area contributed by atoms with Gasteiger partial charge in [-0.2, -0.15) is 0 Å². The van der Waals surface area contributed by atoms with Gasteiger partial charge >= 0.3 is 0 Å². The van der Waals surface area contributed by atoms with Crippen molar-refractivity contribution >= 4 is 50.8 Å². The molecule has 0 saturated carbocycles. The molecule has 10 heteroatoms. The minimum atomic E-state index is -0.372. The second-order valence-electron chi connectivity index (χ2n) is 7.19. The summed E-state index contributed by atoms with van der Waals surface area (Å²) < 4.78 is 5.46. The fraction of sp³-hybridized carbons (Fsp3) is 0.364. The van der Waals surface area contributed by atoms with Crippen LogP contribution in [0.5, 0.6) is 5.75 Å². The summed E-state index contributed by atoms with van der Waals surface area (Å²) in [5.41, 5.74) is 1.39. The van der Waals surface area contributed by atoms with E-state index in [1.54, 1.807) is 31.2 Å². The van der Waals surface area contributed by atoms with Gasteiger partial charge in [-0.25, -0.2) is 4.98 Å². The van der Waals surface area contributed by atoms with Gasteiger partial charge in [0.05, 0.1) is 16.4 Å². The van der Waals surface area contributed by atoms with Crippen LogP contribution in [0.1, 0.15) is 30.1 Å². The molecule has 0 aliphatic rings. The molecule has 1 unspecified atom stereocenters. The van der Waals surface area contributed by atoms with E-state index in [1.807, 2.05) is 20.8 Å². The number of thioether (sulfide) groups is 1. The zero-order chi connectivity index (χ0) is 23.3. The number of aromatic amines is 1. The molecule has 170 valence electrons. The number of thiophene rings is 1. The molecule has 0 bridgehead atoms. The lowest BCUT2D eigenvalue weighted by Crippen LogP contribution is -2.28. The van der Waals surface area contributed by atoms with Crippen LogP contribution in [-0.2, 0) is 15.3 Å². The van der Waals surface area contributed by atoms with Crippen molar-refractivity contribution in [1.29, 1.82) is 0 Å². The van der Waals surface area contributed by atoms with E-state index in [0.717, 1.165) is 15.3 Å². The van der Waals surface area contributed by atoms with Gasteiger partial charge in [-0.15, -0.1) is 23.1 Å². The Hall–Kier alpha value is -2.85. The molecule has 0 spiro atoms. The zero-order valence-electron chi connectivity index (χ0n) is 18.4. The van der Waals surface area contributed by atoms with Gasteiger partial charge in [-0.05, 0) is 45.4 Å². The highest BCUT2D eigenvalue weighted by molar-refractivity contribution is 7.99. The van der Waals surface area contributed by atoms with Gasteiger partial charge in [-0.1, -0.05) is 6.07 Å². The fourth-order valence-electron chi connectivity index (χ4n) is 2.95. The molecule has 0 radical (unpaired) electrons. The lowest BCUT2D eigenvalue weighted by atomic mass is 10.2. The van der Waals surface area contributed by atoms with Gasteiger partial charge in [0.15, 0.2) is 6.61 Å². The zero-order valence-corrected chi connectivity index (χ0v) is 20.0. The molecular formula is C22H26N4O4S2. The molecule has 2 aromatic heterocycles. The molecule has 2 heterocycles. The summed E-state index contributed by atoms with van der Waals surface area (Å²) in [6, 6.07) is 6.89. The average Bonchev–Trinajstić information content (AvgIpc) is 3.04. The van der Waals surface area contributed by atoms with Crippen LogP contribution in [0, 0.1) is 13.8 Å². The summed E-state index contributed by atoms with van der Waals surface area (Å²) in [6.45, 7) is 7.98. The van der Waals surface area contributed by atoms with Crippen molar-refractivity contribution in [2.24, 2.45) is 0 Å². The van der Waals surface area contributed by atoms with E-state index >= 15 is 0 Å². The van der Waals surface area contributed by atoms with E-state index in [0.29, 0.717) is 34.9 Å². The predicted octanol–water partition coefficient (Wildman–Crippen LogP) is 3.38. The number of likely N-dealkylation sites (N-methyl/N-ethyl adjacent to an activating group) is 1. The molecule has 0 fully saturated rings. The van der Waals surface area contributed by atoms with Crippen molar-refractivity contribution < 1.29 is 14.3 Å². The number of nitrogens with one attached hydrogen (secondary N) is 3. The summed E-state index contributed by atoms with van der Waals surface area (Å²) in [4.78, 5) is 45.7. The largest absolute Gasteiger partial charge is 0.484 e. The van der Waals surface area contributed by atoms with E-state index in [9.17, 15) is 14.4 Å². The second kappa shape index (κ2) is 10.6. The number of carbonyl (C=O) groups is 2. The van der Waals surface area contributed by atoms with E-state index in [-0.39, 0.29) is 29.2 Å². The molecule has 8 nitrogen and oxygen atoms in total. The Morgan fingerprint density at radius 2 is 2.09 bits per heavy atom. The van der Waals surface area contributed by atoms with Crippen LogP contribution in [0.3, 0.4) is 0 Å². The topological polar surface area (TPSA) is 113 Å². The number of nitrogens with zero attached hydrogens (tertiary/aromatic N) is 1. The molecular weight excluding hydrogens is 448 g/mol. The van der Waals surface area contributed by atoms with E-state index in [2.05, 4.69) is 20.6 Å². The van der Waals surface area contributed by atoms with Crippen LogP contribution in [0.15, 0.2) is 29.1 Å². The predicted molar refractivity (Wildman–Crippen MR) is 130 cm³/mol. The highest BCUT2D eigenvalue weighted by Crippen LogP contribution is 2.27. The number of aryl methyl sites for hydroxylation is 2. The maximum atomic E-state index is 12.6. The van der Waals surface area contributed by atoms with Crippen molar-refractivity contribution in [3.63, 3.8) is 0 Å². The normalized spacial score (nSPS) is 11.9. The Balaban J connectivity index is 1.57. The van der Waals surface area contributed by atoms with Gasteiger partial charge < -0.3 is 20.4 Å². The molecule has 1 atom stereocenters. The summed E-state index contributed by atoms with van der Waals surface area (Å²) in [6.07, 6.45) is 0. The molecule has 3 N–H and O–H groups in total. The first-order chi connectivity index (χ1) is 15.3. The number of amides is 2. The number of anilines is 1. The molecule has 0 aliphatic carbocycles. The van der Waals surface area contributed by atoms with Crippen molar-refractivity contribution in [2.45, 2.75) is 38.7 Å². The third-order valence-electron chi connectivity index (χ3n) is 4.77. The summed E-state index contributed by atoms with van der Waals surface area (Å²) in [5, 5.41) is 5.78. The maximum absolute atomic E-state index is 12.6. The first-order valence-corrected chi connectivity index (χ1v) is 12.1. The maximum Gasteiger partial charge on any atom is 0.259 e. The second-order valence-corrected chi connectivity index (χ2v) is 9.72. The quantitative estimate of drug-likeness (QED) is 0.438. The van der Waals surface area contributed by atoms with Crippen LogP contribution < -0.4 is 20.9 Å². The smallest absolute Gasteiger partial charge is 0.259 e. The number of carbonyl (C=O) groups excluding carboxylic acids is 2. The fourth-order valence-corrected chi connectivity index (χ4v) is 4.76. The third-order valence-corrected chi connectivity index (χ3v) is 7.03. The lowest BCUT2D eigenvalue weighted by Gasteiger charge is -2.13. The van der Waals surface area contributed by atoms with Gasteiger partial charge in [0.1, 0.15) is 16.4 Å². The van der Waals surface area contributed by atoms with E-state index in [1.165, 1.54) is 23.1 Å². The monoisotopic (exact) mass is 474 g/mol. The van der Waals surface area contributed by atoms with Crippen molar-refractivity contribution in [3.05, 3.63) is 50.9 Å². The van der Waals surface area contributed by atoms with Crippen molar-refractivity contribution in [1.82, 2.24) is 15.3 Å². The molecule has 3 rings (SSSR count). The van der Waals surface area contributed by atoms with Crippen LogP contribution in [-0.4, -0.2) is 40.2 Å². The van der Waals surface area contributed by atoms with Crippen LogP contribution >= 0.6 is 23.1 Å². The number of fused-ring (bicyclic) bond motifs is 1. The Labute approximate surface area is 194 Å². The number of benzene rings is 1. The first-order valence-electron chi connectivity index (χ1n) is 10.2. The summed E-state index contributed by atoms with van der Waals surface area (Å²) in [5.74, 6) is 1.07.